The maximum atomic E-state index is 8.80. The van der Waals surface area contributed by atoms with Crippen molar-refractivity contribution in [1.29, 1.82) is 5.26 Å². The molecular formula is C24H27N. The maximum Gasteiger partial charge on any atom is 0.0991 e. The minimum Gasteiger partial charge on any atom is -0.192 e. The van der Waals surface area contributed by atoms with Crippen LogP contribution in [0.15, 0.2) is 48.5 Å². The van der Waals surface area contributed by atoms with Crippen LogP contribution >= 0.6 is 0 Å². The fraction of sp³-hybridized carbons (Fsp3) is 0.375. The predicted molar refractivity (Wildman–Crippen MR) is 105 cm³/mol. The van der Waals surface area contributed by atoms with Crippen molar-refractivity contribution >= 4 is 0 Å². The summed E-state index contributed by atoms with van der Waals surface area (Å²) in [4.78, 5) is 0. The Morgan fingerprint density at radius 1 is 0.640 bits per heavy atom. The lowest BCUT2D eigenvalue weighted by Gasteiger charge is -2.02. The highest BCUT2D eigenvalue weighted by Gasteiger charge is 1.95. The smallest absolute Gasteiger partial charge is 0.0991 e. The van der Waals surface area contributed by atoms with E-state index in [2.05, 4.69) is 49.1 Å². The molecule has 0 aliphatic carbocycles. The first-order chi connectivity index (χ1) is 12.3. The summed E-state index contributed by atoms with van der Waals surface area (Å²) in [6, 6.07) is 18.1. The zero-order valence-corrected chi connectivity index (χ0v) is 15.2. The molecule has 0 unspecified atom stereocenters. The molecule has 2 rings (SSSR count). The molecule has 128 valence electrons. The molecule has 0 N–H and O–H groups in total. The van der Waals surface area contributed by atoms with Crippen LogP contribution < -0.4 is 0 Å². The monoisotopic (exact) mass is 329 g/mol. The second-order valence-electron chi connectivity index (χ2n) is 6.51. The Bertz CT molecular complexity index is 721. The van der Waals surface area contributed by atoms with E-state index >= 15 is 0 Å². The molecule has 0 aliphatic rings. The van der Waals surface area contributed by atoms with Crippen LogP contribution in [0.2, 0.25) is 0 Å². The number of benzene rings is 2. The minimum atomic E-state index is 0.667. The van der Waals surface area contributed by atoms with E-state index in [1.807, 2.05) is 12.1 Å². The molecule has 0 radical (unpaired) electrons. The van der Waals surface area contributed by atoms with Gasteiger partial charge in [-0.3, -0.25) is 0 Å². The van der Waals surface area contributed by atoms with Crippen molar-refractivity contribution in [3.63, 3.8) is 0 Å². The summed E-state index contributed by atoms with van der Waals surface area (Å²) in [6.07, 6.45) is 10.6. The molecule has 0 heterocycles. The molecule has 2 aromatic rings. The zero-order valence-electron chi connectivity index (χ0n) is 15.2. The number of nitrogens with zero attached hydrogens (tertiary/aromatic N) is 1. The Kier molecular flexibility index (Phi) is 8.37. The van der Waals surface area contributed by atoms with Gasteiger partial charge in [0, 0.05) is 11.1 Å². The van der Waals surface area contributed by atoms with Gasteiger partial charge in [-0.25, -0.2) is 0 Å². The third-order valence-electron chi connectivity index (χ3n) is 4.39. The predicted octanol–water partition coefficient (Wildman–Crippen LogP) is 6.25. The first-order valence-corrected chi connectivity index (χ1v) is 9.43. The topological polar surface area (TPSA) is 23.8 Å². The molecule has 25 heavy (non-hydrogen) atoms. The molecule has 1 heteroatoms. The molecule has 0 aliphatic heterocycles. The van der Waals surface area contributed by atoms with Gasteiger partial charge < -0.3 is 0 Å². The SMILES string of the molecule is CCCCCCCCCc1ccc(C#Cc2ccc(C#N)cc2)cc1. The van der Waals surface area contributed by atoms with E-state index in [-0.39, 0.29) is 0 Å². The average Bonchev–Trinajstić information content (AvgIpc) is 2.67. The lowest BCUT2D eigenvalue weighted by Crippen LogP contribution is -1.87. The minimum absolute atomic E-state index is 0.667. The Balaban J connectivity index is 1.76. The molecule has 0 bridgehead atoms. The molecule has 0 atom stereocenters. The Labute approximate surface area is 152 Å². The van der Waals surface area contributed by atoms with Crippen LogP contribution in [0.25, 0.3) is 0 Å². The lowest BCUT2D eigenvalue weighted by molar-refractivity contribution is 0.589. The third-order valence-corrected chi connectivity index (χ3v) is 4.39. The lowest BCUT2D eigenvalue weighted by atomic mass is 10.0. The van der Waals surface area contributed by atoms with E-state index in [0.717, 1.165) is 17.5 Å². The molecule has 0 saturated heterocycles. The molecule has 0 spiro atoms. The summed E-state index contributed by atoms with van der Waals surface area (Å²) in [5.41, 5.74) is 4.04. The summed E-state index contributed by atoms with van der Waals surface area (Å²) < 4.78 is 0. The van der Waals surface area contributed by atoms with Crippen LogP contribution in [-0.4, -0.2) is 0 Å². The van der Waals surface area contributed by atoms with Gasteiger partial charge in [0.05, 0.1) is 11.6 Å². The summed E-state index contributed by atoms with van der Waals surface area (Å²) in [7, 11) is 0. The maximum absolute atomic E-state index is 8.80. The Morgan fingerprint density at radius 2 is 1.12 bits per heavy atom. The van der Waals surface area contributed by atoms with Crippen LogP contribution in [0.4, 0.5) is 0 Å². The van der Waals surface area contributed by atoms with E-state index in [4.69, 9.17) is 5.26 Å². The molecule has 0 amide bonds. The van der Waals surface area contributed by atoms with E-state index in [9.17, 15) is 0 Å². The van der Waals surface area contributed by atoms with E-state index in [1.165, 1.54) is 50.5 Å². The van der Waals surface area contributed by atoms with Gasteiger partial charge in [0.2, 0.25) is 0 Å². The largest absolute Gasteiger partial charge is 0.192 e. The van der Waals surface area contributed by atoms with Crippen molar-refractivity contribution in [3.8, 4) is 17.9 Å². The van der Waals surface area contributed by atoms with Gasteiger partial charge >= 0.3 is 0 Å². The summed E-state index contributed by atoms with van der Waals surface area (Å²) in [6.45, 7) is 2.26. The van der Waals surface area contributed by atoms with E-state index in [1.54, 1.807) is 12.1 Å². The highest BCUT2D eigenvalue weighted by atomic mass is 14.2. The van der Waals surface area contributed by atoms with Gasteiger partial charge in [-0.2, -0.15) is 5.26 Å². The number of aryl methyl sites for hydroxylation is 1. The van der Waals surface area contributed by atoms with Gasteiger partial charge in [-0.05, 0) is 54.8 Å². The average molecular weight is 329 g/mol. The fourth-order valence-corrected chi connectivity index (χ4v) is 2.81. The van der Waals surface area contributed by atoms with Crippen LogP contribution in [-0.2, 0) is 6.42 Å². The van der Waals surface area contributed by atoms with Gasteiger partial charge in [0.15, 0.2) is 0 Å². The van der Waals surface area contributed by atoms with Gasteiger partial charge in [0.1, 0.15) is 0 Å². The number of unbranched alkanes of at least 4 members (excludes halogenated alkanes) is 6. The molecule has 1 nitrogen and oxygen atoms in total. The molecule has 0 fully saturated rings. The third kappa shape index (κ3) is 7.28. The van der Waals surface area contributed by atoms with Crippen LogP contribution in [0.5, 0.6) is 0 Å². The van der Waals surface area contributed by atoms with Crippen LogP contribution in [0.1, 0.15) is 74.1 Å². The van der Waals surface area contributed by atoms with Crippen molar-refractivity contribution in [2.45, 2.75) is 58.3 Å². The molecule has 0 aromatic heterocycles. The molecule has 0 saturated carbocycles. The first-order valence-electron chi connectivity index (χ1n) is 9.43. The van der Waals surface area contributed by atoms with Crippen molar-refractivity contribution in [3.05, 3.63) is 70.8 Å². The van der Waals surface area contributed by atoms with Gasteiger partial charge in [-0.1, -0.05) is 69.4 Å². The second kappa shape index (κ2) is 11.1. The molecule has 2 aromatic carbocycles. The Morgan fingerprint density at radius 3 is 1.68 bits per heavy atom. The highest BCUT2D eigenvalue weighted by molar-refractivity contribution is 5.45. The van der Waals surface area contributed by atoms with Gasteiger partial charge in [-0.15, -0.1) is 0 Å². The Hall–Kier alpha value is -2.51. The van der Waals surface area contributed by atoms with Crippen molar-refractivity contribution in [2.75, 3.05) is 0 Å². The fourth-order valence-electron chi connectivity index (χ4n) is 2.81. The van der Waals surface area contributed by atoms with Crippen molar-refractivity contribution in [1.82, 2.24) is 0 Å². The summed E-state index contributed by atoms with van der Waals surface area (Å²) in [5, 5.41) is 8.80. The number of hydrogen-bond donors (Lipinski definition) is 0. The molecular weight excluding hydrogens is 302 g/mol. The summed E-state index contributed by atoms with van der Waals surface area (Å²) in [5.74, 6) is 6.34. The first kappa shape index (κ1) is 18.8. The highest BCUT2D eigenvalue weighted by Crippen LogP contribution is 2.11. The van der Waals surface area contributed by atoms with E-state index in [0.29, 0.717) is 5.56 Å². The quantitative estimate of drug-likeness (QED) is 0.415. The van der Waals surface area contributed by atoms with Crippen molar-refractivity contribution < 1.29 is 0 Å². The van der Waals surface area contributed by atoms with Crippen LogP contribution in [0, 0.1) is 23.2 Å². The number of hydrogen-bond acceptors (Lipinski definition) is 1. The zero-order chi connectivity index (χ0) is 17.7. The summed E-state index contributed by atoms with van der Waals surface area (Å²) >= 11 is 0. The van der Waals surface area contributed by atoms with E-state index < -0.39 is 0 Å². The van der Waals surface area contributed by atoms with Gasteiger partial charge in [0.25, 0.3) is 0 Å². The second-order valence-corrected chi connectivity index (χ2v) is 6.51. The number of rotatable bonds is 8. The normalized spacial score (nSPS) is 9.92. The standard InChI is InChI=1S/C24H27N/c1-2-3-4-5-6-7-8-9-21-10-12-22(13-11-21)14-15-23-16-18-24(20-25)19-17-23/h10-13,16-19H,2-9H2,1H3. The number of nitriles is 1. The van der Waals surface area contributed by atoms with Crippen LogP contribution in [0.3, 0.4) is 0 Å². The van der Waals surface area contributed by atoms with Crippen molar-refractivity contribution in [2.24, 2.45) is 0 Å².